The molecule has 0 fully saturated rings. The summed E-state index contributed by atoms with van der Waals surface area (Å²) in [7, 11) is 0. The van der Waals surface area contributed by atoms with Gasteiger partial charge >= 0.3 is 6.09 Å². The molecule has 0 aromatic carbocycles. The highest BCUT2D eigenvalue weighted by atomic mass is 16.6. The molecule has 0 saturated heterocycles. The first-order valence-electron chi connectivity index (χ1n) is 5.93. The highest BCUT2D eigenvalue weighted by molar-refractivity contribution is 5.68. The van der Waals surface area contributed by atoms with Gasteiger partial charge in [-0.3, -0.25) is 0 Å². The van der Waals surface area contributed by atoms with Gasteiger partial charge in [0.25, 0.3) is 0 Å². The van der Waals surface area contributed by atoms with E-state index < -0.39 is 5.60 Å². The van der Waals surface area contributed by atoms with Crippen molar-refractivity contribution in [1.82, 2.24) is 4.90 Å². The van der Waals surface area contributed by atoms with Crippen molar-refractivity contribution in [2.75, 3.05) is 13.1 Å². The average molecular weight is 225 g/mol. The van der Waals surface area contributed by atoms with E-state index in [1.54, 1.807) is 0 Å². The minimum absolute atomic E-state index is 0.185. The Bertz CT molecular complexity index is 284. The van der Waals surface area contributed by atoms with Crippen LogP contribution in [0, 0.1) is 0 Å². The standard InChI is InChI=1S/C13H23NO2/c1-10-6-8-14(9-7-11(10)2)12(15)16-13(3,4)5/h6-9H2,1-5H3. The van der Waals surface area contributed by atoms with Crippen molar-refractivity contribution in [2.45, 2.75) is 53.1 Å². The van der Waals surface area contributed by atoms with E-state index in [1.807, 2.05) is 25.7 Å². The SMILES string of the molecule is CC1=C(C)CCN(C(=O)OC(C)(C)C)CC1. The summed E-state index contributed by atoms with van der Waals surface area (Å²) in [4.78, 5) is 13.7. The van der Waals surface area contributed by atoms with E-state index in [0.29, 0.717) is 0 Å². The van der Waals surface area contributed by atoms with E-state index in [9.17, 15) is 4.79 Å². The van der Waals surface area contributed by atoms with E-state index in [4.69, 9.17) is 4.74 Å². The summed E-state index contributed by atoms with van der Waals surface area (Å²) in [6.07, 6.45) is 1.74. The quantitative estimate of drug-likeness (QED) is 0.592. The zero-order valence-electron chi connectivity index (χ0n) is 11.1. The molecule has 92 valence electrons. The van der Waals surface area contributed by atoms with Crippen LogP contribution in [0.4, 0.5) is 4.79 Å². The fourth-order valence-electron chi connectivity index (χ4n) is 1.65. The molecule has 0 saturated carbocycles. The number of ether oxygens (including phenoxy) is 1. The van der Waals surface area contributed by atoms with Gasteiger partial charge in [0.2, 0.25) is 0 Å². The Balaban J connectivity index is 2.55. The molecule has 1 aliphatic heterocycles. The molecule has 0 atom stereocenters. The normalized spacial score (nSPS) is 18.4. The summed E-state index contributed by atoms with van der Waals surface area (Å²) in [5.74, 6) is 0. The molecule has 0 bridgehead atoms. The molecule has 1 aliphatic rings. The van der Waals surface area contributed by atoms with Crippen LogP contribution in [-0.4, -0.2) is 29.7 Å². The molecular formula is C13H23NO2. The minimum Gasteiger partial charge on any atom is -0.444 e. The highest BCUT2D eigenvalue weighted by Gasteiger charge is 2.23. The Labute approximate surface area is 98.5 Å². The Morgan fingerprint density at radius 1 is 1.12 bits per heavy atom. The van der Waals surface area contributed by atoms with Crippen LogP contribution >= 0.6 is 0 Å². The number of rotatable bonds is 0. The molecule has 0 N–H and O–H groups in total. The van der Waals surface area contributed by atoms with E-state index in [2.05, 4.69) is 13.8 Å². The fraction of sp³-hybridized carbons (Fsp3) is 0.769. The topological polar surface area (TPSA) is 29.5 Å². The van der Waals surface area contributed by atoms with E-state index in [1.165, 1.54) is 11.1 Å². The predicted molar refractivity (Wildman–Crippen MR) is 65.4 cm³/mol. The lowest BCUT2D eigenvalue weighted by Gasteiger charge is -2.26. The minimum atomic E-state index is -0.402. The number of amides is 1. The van der Waals surface area contributed by atoms with Crippen LogP contribution in [0.25, 0.3) is 0 Å². The molecule has 0 aromatic heterocycles. The Morgan fingerprint density at radius 3 is 1.94 bits per heavy atom. The van der Waals surface area contributed by atoms with Crippen molar-refractivity contribution < 1.29 is 9.53 Å². The number of hydrogen-bond donors (Lipinski definition) is 0. The van der Waals surface area contributed by atoms with Gasteiger partial charge in [-0.2, -0.15) is 0 Å². The first kappa shape index (κ1) is 13.1. The lowest BCUT2D eigenvalue weighted by Crippen LogP contribution is -2.37. The Hall–Kier alpha value is -0.990. The van der Waals surface area contributed by atoms with Crippen LogP contribution in [0.3, 0.4) is 0 Å². The molecule has 1 heterocycles. The van der Waals surface area contributed by atoms with E-state index >= 15 is 0 Å². The molecule has 0 radical (unpaired) electrons. The van der Waals surface area contributed by atoms with Crippen LogP contribution in [0.2, 0.25) is 0 Å². The lowest BCUT2D eigenvalue weighted by molar-refractivity contribution is 0.0258. The van der Waals surface area contributed by atoms with Crippen LogP contribution in [0.5, 0.6) is 0 Å². The number of nitrogens with zero attached hydrogens (tertiary/aromatic N) is 1. The van der Waals surface area contributed by atoms with Crippen LogP contribution in [0.1, 0.15) is 47.5 Å². The number of carbonyl (C=O) groups is 1. The van der Waals surface area contributed by atoms with Gasteiger partial charge in [0.05, 0.1) is 0 Å². The van der Waals surface area contributed by atoms with Gasteiger partial charge in [-0.05, 0) is 47.5 Å². The van der Waals surface area contributed by atoms with Gasteiger partial charge in [0.1, 0.15) is 5.60 Å². The van der Waals surface area contributed by atoms with E-state index in [-0.39, 0.29) is 6.09 Å². The van der Waals surface area contributed by atoms with Crippen molar-refractivity contribution in [1.29, 1.82) is 0 Å². The predicted octanol–water partition coefficient (Wildman–Crippen LogP) is 3.35. The highest BCUT2D eigenvalue weighted by Crippen LogP contribution is 2.19. The molecule has 0 aromatic rings. The van der Waals surface area contributed by atoms with Gasteiger partial charge in [-0.1, -0.05) is 11.1 Å². The van der Waals surface area contributed by atoms with E-state index in [0.717, 1.165) is 25.9 Å². The maximum Gasteiger partial charge on any atom is 0.410 e. The van der Waals surface area contributed by atoms with Gasteiger partial charge < -0.3 is 9.64 Å². The zero-order chi connectivity index (χ0) is 12.3. The Kier molecular flexibility index (Phi) is 4.00. The van der Waals surface area contributed by atoms with Gasteiger partial charge in [0.15, 0.2) is 0 Å². The summed E-state index contributed by atoms with van der Waals surface area (Å²) in [5.41, 5.74) is 2.41. The number of carbonyl (C=O) groups excluding carboxylic acids is 1. The smallest absolute Gasteiger partial charge is 0.410 e. The Morgan fingerprint density at radius 2 is 1.56 bits per heavy atom. The molecule has 1 rings (SSSR count). The maximum atomic E-state index is 11.9. The summed E-state index contributed by atoms with van der Waals surface area (Å²) in [6, 6.07) is 0. The monoisotopic (exact) mass is 225 g/mol. The third kappa shape index (κ3) is 3.87. The zero-order valence-corrected chi connectivity index (χ0v) is 11.1. The van der Waals surface area contributed by atoms with Crippen LogP contribution in [-0.2, 0) is 4.74 Å². The maximum absolute atomic E-state index is 11.9. The van der Waals surface area contributed by atoms with Crippen LogP contribution < -0.4 is 0 Å². The first-order chi connectivity index (χ1) is 7.29. The van der Waals surface area contributed by atoms with Crippen molar-refractivity contribution in [3.63, 3.8) is 0 Å². The van der Waals surface area contributed by atoms with Gasteiger partial charge in [0, 0.05) is 13.1 Å². The van der Waals surface area contributed by atoms with Gasteiger partial charge in [-0.25, -0.2) is 4.79 Å². The summed E-state index contributed by atoms with van der Waals surface area (Å²) in [5, 5.41) is 0. The second-order valence-electron chi connectivity index (χ2n) is 5.53. The largest absolute Gasteiger partial charge is 0.444 e. The summed E-state index contributed by atoms with van der Waals surface area (Å²) in [6.45, 7) is 11.5. The van der Waals surface area contributed by atoms with Crippen molar-refractivity contribution in [3.8, 4) is 0 Å². The molecule has 0 unspecified atom stereocenters. The number of hydrogen-bond acceptors (Lipinski definition) is 2. The molecule has 0 spiro atoms. The summed E-state index contributed by atoms with van der Waals surface area (Å²) < 4.78 is 5.37. The van der Waals surface area contributed by atoms with Crippen molar-refractivity contribution in [2.24, 2.45) is 0 Å². The first-order valence-corrected chi connectivity index (χ1v) is 5.93. The third-order valence-corrected chi connectivity index (χ3v) is 2.89. The fourth-order valence-corrected chi connectivity index (χ4v) is 1.65. The molecule has 3 heteroatoms. The second kappa shape index (κ2) is 4.89. The third-order valence-electron chi connectivity index (χ3n) is 2.89. The average Bonchev–Trinajstić information content (AvgIpc) is 2.28. The molecule has 0 aliphatic carbocycles. The lowest BCUT2D eigenvalue weighted by atomic mass is 10.1. The molecule has 16 heavy (non-hydrogen) atoms. The van der Waals surface area contributed by atoms with Crippen molar-refractivity contribution in [3.05, 3.63) is 11.1 Å². The molecule has 3 nitrogen and oxygen atoms in total. The molecular weight excluding hydrogens is 202 g/mol. The van der Waals surface area contributed by atoms with Crippen molar-refractivity contribution >= 4 is 6.09 Å². The van der Waals surface area contributed by atoms with Gasteiger partial charge in [-0.15, -0.1) is 0 Å². The van der Waals surface area contributed by atoms with Crippen LogP contribution in [0.15, 0.2) is 11.1 Å². The second-order valence-corrected chi connectivity index (χ2v) is 5.53. The molecule has 1 amide bonds. The summed E-state index contributed by atoms with van der Waals surface area (Å²) >= 11 is 0.